The largest absolute Gasteiger partial charge is 1.00 e. The molecule has 0 saturated carbocycles. The van der Waals surface area contributed by atoms with Crippen LogP contribution in [0.2, 0.25) is 0 Å². The van der Waals surface area contributed by atoms with Crippen LogP contribution in [0.25, 0.3) is 0 Å². The molecular weight excluding hydrogens is 245 g/mol. The summed E-state index contributed by atoms with van der Waals surface area (Å²) in [6.07, 6.45) is 0. The minimum atomic E-state index is -1.36. The molecule has 0 heterocycles. The summed E-state index contributed by atoms with van der Waals surface area (Å²) >= 11 is 0. The van der Waals surface area contributed by atoms with E-state index in [9.17, 15) is 19.7 Å². The Labute approximate surface area is 133 Å². The molecular formula is C8H6KNO6. The van der Waals surface area contributed by atoms with Crippen LogP contribution in [0.15, 0.2) is 24.3 Å². The number of nitrogens with zero attached hydrogens (tertiary/aromatic N) is 1. The van der Waals surface area contributed by atoms with Gasteiger partial charge in [0.1, 0.15) is 0 Å². The predicted molar refractivity (Wildman–Crippen MR) is 46.9 cm³/mol. The van der Waals surface area contributed by atoms with Gasteiger partial charge in [0.05, 0.1) is 11.1 Å². The molecule has 1 aromatic rings. The van der Waals surface area contributed by atoms with E-state index in [0.29, 0.717) is 0 Å². The fourth-order valence-electron chi connectivity index (χ4n) is 0.964. The minimum Gasteiger partial charge on any atom is -1.00 e. The Hall–Kier alpha value is -0.804. The molecule has 0 aliphatic rings. The number of benzene rings is 1. The van der Waals surface area contributed by atoms with Gasteiger partial charge in [-0.1, -0.05) is 12.1 Å². The molecule has 0 aromatic heterocycles. The Bertz CT molecular complexity index is 438. The molecule has 0 unspecified atom stereocenters. The van der Waals surface area contributed by atoms with Gasteiger partial charge < -0.3 is 6.53 Å². The van der Waals surface area contributed by atoms with Gasteiger partial charge in [-0.05, 0) is 12.1 Å². The summed E-state index contributed by atoms with van der Waals surface area (Å²) in [6.45, 7) is 0. The Balaban J connectivity index is 0. The van der Waals surface area contributed by atoms with Gasteiger partial charge in [-0.15, -0.1) is 10.1 Å². The molecule has 0 aliphatic heterocycles. The molecule has 1 rings (SSSR count). The maximum Gasteiger partial charge on any atom is 1.00 e. The van der Waals surface area contributed by atoms with Gasteiger partial charge in [-0.25, -0.2) is 9.63 Å². The molecule has 7 nitrogen and oxygen atoms in total. The van der Waals surface area contributed by atoms with Crippen LogP contribution >= 0.6 is 0 Å². The van der Waals surface area contributed by atoms with Crippen molar-refractivity contribution in [3.8, 4) is 0 Å². The molecule has 1 aromatic carbocycles. The number of hydrogen-bond donors (Lipinski definition) is 1. The number of carboxylic acid groups (broad SMARTS) is 1. The molecule has 1 N–H and O–H groups in total. The van der Waals surface area contributed by atoms with Crippen molar-refractivity contribution in [1.82, 2.24) is 0 Å². The van der Waals surface area contributed by atoms with Gasteiger partial charge in [-0.2, -0.15) is 0 Å². The van der Waals surface area contributed by atoms with Gasteiger partial charge in [0.2, 0.25) is 0 Å². The van der Waals surface area contributed by atoms with Crippen molar-refractivity contribution < 1.29 is 77.4 Å². The second-order valence-corrected chi connectivity index (χ2v) is 2.45. The Morgan fingerprint density at radius 2 is 1.81 bits per heavy atom. The average Bonchev–Trinajstić information content (AvgIpc) is 2.16. The fourth-order valence-corrected chi connectivity index (χ4v) is 0.964. The molecule has 0 saturated heterocycles. The first-order valence-corrected chi connectivity index (χ1v) is 3.71. The third-order valence-corrected chi connectivity index (χ3v) is 1.53. The van der Waals surface area contributed by atoms with Crippen LogP contribution in [0, 0.1) is 10.1 Å². The van der Waals surface area contributed by atoms with Crippen LogP contribution in [0.1, 0.15) is 22.1 Å². The molecule has 0 atom stereocenters. The molecule has 8 heteroatoms. The van der Waals surface area contributed by atoms with Gasteiger partial charge in [0.25, 0.3) is 0 Å². The zero-order valence-corrected chi connectivity index (χ0v) is 11.4. The smallest absolute Gasteiger partial charge is 1.00 e. The van der Waals surface area contributed by atoms with Crippen LogP contribution in [0.5, 0.6) is 0 Å². The maximum absolute atomic E-state index is 11.1. The normalized spacial score (nSPS) is 8.75. The molecule has 16 heavy (non-hydrogen) atoms. The quantitative estimate of drug-likeness (QED) is 0.373. The Morgan fingerprint density at radius 3 is 2.25 bits per heavy atom. The van der Waals surface area contributed by atoms with Crippen molar-refractivity contribution >= 4 is 11.9 Å². The third-order valence-electron chi connectivity index (χ3n) is 1.53. The molecule has 0 radical (unpaired) electrons. The number of carboxylic acids is 1. The first kappa shape index (κ1) is 15.2. The van der Waals surface area contributed by atoms with Crippen LogP contribution in [0.4, 0.5) is 0 Å². The van der Waals surface area contributed by atoms with E-state index in [4.69, 9.17) is 5.11 Å². The minimum absolute atomic E-state index is 0. The molecule has 0 amide bonds. The monoisotopic (exact) mass is 251 g/mol. The second-order valence-electron chi connectivity index (χ2n) is 2.45. The maximum atomic E-state index is 11.1. The van der Waals surface area contributed by atoms with E-state index in [1.807, 2.05) is 0 Å². The summed E-state index contributed by atoms with van der Waals surface area (Å²) in [7, 11) is 0. The summed E-state index contributed by atoms with van der Waals surface area (Å²) in [6, 6.07) is 5.06. The fraction of sp³-hybridized carbons (Fsp3) is 0. The van der Waals surface area contributed by atoms with Gasteiger partial charge >= 0.3 is 68.4 Å². The SMILES string of the molecule is O=C(O)c1ccccc1C(=O)O[N+](=O)[O-].[H-].[K+]. The third kappa shape index (κ3) is 3.98. The van der Waals surface area contributed by atoms with Crippen molar-refractivity contribution in [2.75, 3.05) is 0 Å². The standard InChI is InChI=1S/C8H5NO6.K.H/c10-7(11)5-3-1-2-4-6(5)8(12)15-9(13)14;;/h1-4H,(H,10,11);;/q;+1;-1. The van der Waals surface area contributed by atoms with E-state index in [2.05, 4.69) is 4.84 Å². The van der Waals surface area contributed by atoms with Crippen LogP contribution in [-0.4, -0.2) is 22.1 Å². The number of hydrogen-bond acceptors (Lipinski definition) is 5. The van der Waals surface area contributed by atoms with Crippen LogP contribution < -0.4 is 51.4 Å². The van der Waals surface area contributed by atoms with Gasteiger partial charge in [-0.3, -0.25) is 4.79 Å². The Kier molecular flexibility index (Phi) is 6.37. The molecule has 80 valence electrons. The number of carbonyl (C=O) groups excluding carboxylic acids is 1. The molecule has 0 bridgehead atoms. The molecule has 0 spiro atoms. The summed E-state index contributed by atoms with van der Waals surface area (Å²) in [4.78, 5) is 35.2. The van der Waals surface area contributed by atoms with E-state index in [0.717, 1.165) is 12.1 Å². The van der Waals surface area contributed by atoms with Crippen molar-refractivity contribution in [1.29, 1.82) is 0 Å². The van der Waals surface area contributed by atoms with Crippen molar-refractivity contribution in [3.63, 3.8) is 0 Å². The van der Waals surface area contributed by atoms with Crippen molar-refractivity contribution in [2.45, 2.75) is 0 Å². The first-order chi connectivity index (χ1) is 7.02. The summed E-state index contributed by atoms with van der Waals surface area (Å²) < 4.78 is 0. The average molecular weight is 251 g/mol. The molecule has 0 aliphatic carbocycles. The van der Waals surface area contributed by atoms with Gasteiger partial charge in [0.15, 0.2) is 0 Å². The van der Waals surface area contributed by atoms with E-state index >= 15 is 0 Å². The molecule has 0 fully saturated rings. The van der Waals surface area contributed by atoms with Crippen LogP contribution in [-0.2, 0) is 4.84 Å². The second kappa shape index (κ2) is 6.71. The van der Waals surface area contributed by atoms with Crippen molar-refractivity contribution in [3.05, 3.63) is 45.5 Å². The Morgan fingerprint density at radius 1 is 1.31 bits per heavy atom. The number of carbonyl (C=O) groups is 2. The summed E-state index contributed by atoms with van der Waals surface area (Å²) in [5.74, 6) is -2.66. The zero-order chi connectivity index (χ0) is 11.4. The van der Waals surface area contributed by atoms with Crippen LogP contribution in [0.3, 0.4) is 0 Å². The first-order valence-electron chi connectivity index (χ1n) is 3.71. The number of rotatable bonds is 3. The van der Waals surface area contributed by atoms with Crippen molar-refractivity contribution in [2.24, 2.45) is 0 Å². The summed E-state index contributed by atoms with van der Waals surface area (Å²) in [5, 5.41) is 17.3. The summed E-state index contributed by atoms with van der Waals surface area (Å²) in [5.41, 5.74) is -0.703. The number of aromatic carboxylic acids is 1. The zero-order valence-electron chi connectivity index (χ0n) is 9.25. The van der Waals surface area contributed by atoms with E-state index < -0.39 is 17.0 Å². The predicted octanol–water partition coefficient (Wildman–Crippen LogP) is -2.15. The van der Waals surface area contributed by atoms with E-state index in [1.54, 1.807) is 0 Å². The van der Waals surface area contributed by atoms with Gasteiger partial charge in [0, 0.05) is 0 Å². The topological polar surface area (TPSA) is 107 Å². The van der Waals surface area contributed by atoms with E-state index in [-0.39, 0.29) is 63.9 Å². The van der Waals surface area contributed by atoms with E-state index in [1.165, 1.54) is 12.1 Å².